The molecule has 1 unspecified atom stereocenters. The van der Waals surface area contributed by atoms with E-state index in [1.54, 1.807) is 6.07 Å². The summed E-state index contributed by atoms with van der Waals surface area (Å²) in [7, 11) is 1.53. The third kappa shape index (κ3) is 2.83. The molecule has 2 aromatic rings. The molecule has 2 aliphatic rings. The largest absolute Gasteiger partial charge is 0.504 e. The van der Waals surface area contributed by atoms with Crippen LogP contribution in [0.4, 0.5) is 5.82 Å². The zero-order valence-corrected chi connectivity index (χ0v) is 15.3. The Balaban J connectivity index is 1.78. The molecule has 0 spiro atoms. The summed E-state index contributed by atoms with van der Waals surface area (Å²) in [6.45, 7) is 2.01. The Bertz CT molecular complexity index is 837. The van der Waals surface area contributed by atoms with E-state index in [9.17, 15) is 9.90 Å². The van der Waals surface area contributed by atoms with Crippen molar-refractivity contribution in [3.05, 3.63) is 35.0 Å². The van der Waals surface area contributed by atoms with Gasteiger partial charge in [0.2, 0.25) is 5.91 Å². The summed E-state index contributed by atoms with van der Waals surface area (Å²) >= 11 is 0. The van der Waals surface area contributed by atoms with Gasteiger partial charge in [-0.1, -0.05) is 25.3 Å². The number of hydrogen-bond acceptors (Lipinski definition) is 4. The highest BCUT2D eigenvalue weighted by Gasteiger charge is 2.34. The lowest BCUT2D eigenvalue weighted by atomic mass is 9.85. The second kappa shape index (κ2) is 6.67. The van der Waals surface area contributed by atoms with E-state index in [1.807, 2.05) is 23.7 Å². The highest BCUT2D eigenvalue weighted by molar-refractivity contribution is 5.94. The summed E-state index contributed by atoms with van der Waals surface area (Å²) in [6.07, 6.45) is 6.30. The number of aromatic nitrogens is 2. The van der Waals surface area contributed by atoms with Gasteiger partial charge in [-0.25, -0.2) is 4.68 Å². The Morgan fingerprint density at radius 3 is 2.77 bits per heavy atom. The molecule has 1 amide bonds. The number of aryl methyl sites for hydroxylation is 1. The highest BCUT2D eigenvalue weighted by atomic mass is 16.5. The molecule has 4 rings (SSSR count). The van der Waals surface area contributed by atoms with Crippen LogP contribution in [-0.2, 0) is 4.79 Å². The van der Waals surface area contributed by atoms with Gasteiger partial charge in [-0.2, -0.15) is 5.10 Å². The summed E-state index contributed by atoms with van der Waals surface area (Å²) in [6, 6.07) is 5.67. The Morgan fingerprint density at radius 2 is 2.04 bits per heavy atom. The van der Waals surface area contributed by atoms with Crippen molar-refractivity contribution in [1.29, 1.82) is 0 Å². The maximum atomic E-state index is 12.4. The molecule has 6 heteroatoms. The number of amides is 1. The van der Waals surface area contributed by atoms with Crippen molar-refractivity contribution < 1.29 is 14.6 Å². The Morgan fingerprint density at radius 1 is 1.27 bits per heavy atom. The second-order valence-electron chi connectivity index (χ2n) is 7.32. The van der Waals surface area contributed by atoms with Crippen LogP contribution in [0.25, 0.3) is 0 Å². The van der Waals surface area contributed by atoms with E-state index in [0.29, 0.717) is 18.2 Å². The molecule has 1 aromatic carbocycles. The summed E-state index contributed by atoms with van der Waals surface area (Å²) in [5, 5.41) is 17.8. The molecule has 1 fully saturated rings. The summed E-state index contributed by atoms with van der Waals surface area (Å²) in [5.74, 6) is 1.30. The monoisotopic (exact) mass is 355 g/mol. The predicted molar refractivity (Wildman–Crippen MR) is 98.8 cm³/mol. The number of rotatable bonds is 3. The van der Waals surface area contributed by atoms with Gasteiger partial charge in [-0.3, -0.25) is 4.79 Å². The number of hydrogen-bond donors (Lipinski definition) is 2. The molecule has 1 atom stereocenters. The fourth-order valence-corrected chi connectivity index (χ4v) is 4.36. The molecule has 6 nitrogen and oxygen atoms in total. The minimum Gasteiger partial charge on any atom is -0.504 e. The van der Waals surface area contributed by atoms with E-state index in [4.69, 9.17) is 9.84 Å². The fraction of sp³-hybridized carbons (Fsp3) is 0.500. The van der Waals surface area contributed by atoms with Gasteiger partial charge >= 0.3 is 0 Å². The van der Waals surface area contributed by atoms with E-state index in [2.05, 4.69) is 5.32 Å². The van der Waals surface area contributed by atoms with Gasteiger partial charge in [0.05, 0.1) is 18.8 Å². The first-order valence-electron chi connectivity index (χ1n) is 9.34. The lowest BCUT2D eigenvalue weighted by Gasteiger charge is -2.28. The van der Waals surface area contributed by atoms with E-state index >= 15 is 0 Å². The zero-order valence-electron chi connectivity index (χ0n) is 15.3. The predicted octanol–water partition coefficient (Wildman–Crippen LogP) is 3.89. The van der Waals surface area contributed by atoms with Crippen LogP contribution in [0.5, 0.6) is 11.5 Å². The van der Waals surface area contributed by atoms with Gasteiger partial charge < -0.3 is 15.2 Å². The molecule has 0 bridgehead atoms. The highest BCUT2D eigenvalue weighted by Crippen LogP contribution is 2.43. The number of benzene rings is 1. The smallest absolute Gasteiger partial charge is 0.226 e. The normalized spacial score (nSPS) is 20.5. The average Bonchev–Trinajstić information content (AvgIpc) is 2.98. The number of anilines is 1. The number of nitrogens with zero attached hydrogens (tertiary/aromatic N) is 2. The van der Waals surface area contributed by atoms with Crippen molar-refractivity contribution in [3.63, 3.8) is 0 Å². The summed E-state index contributed by atoms with van der Waals surface area (Å²) < 4.78 is 7.30. The van der Waals surface area contributed by atoms with Crippen molar-refractivity contribution in [2.75, 3.05) is 12.4 Å². The van der Waals surface area contributed by atoms with Crippen LogP contribution in [0, 0.1) is 6.92 Å². The molecule has 1 aromatic heterocycles. The maximum Gasteiger partial charge on any atom is 0.226 e. The van der Waals surface area contributed by atoms with Crippen molar-refractivity contribution in [3.8, 4) is 11.5 Å². The minimum atomic E-state index is -0.0782. The quantitative estimate of drug-likeness (QED) is 0.876. The number of aromatic hydroxyl groups is 1. The van der Waals surface area contributed by atoms with Crippen LogP contribution in [0.1, 0.15) is 67.3 Å². The van der Waals surface area contributed by atoms with Gasteiger partial charge in [-0.05, 0) is 37.5 Å². The first-order valence-corrected chi connectivity index (χ1v) is 9.34. The molecular weight excluding hydrogens is 330 g/mol. The molecule has 1 saturated carbocycles. The van der Waals surface area contributed by atoms with Gasteiger partial charge in [0.1, 0.15) is 5.82 Å². The lowest BCUT2D eigenvalue weighted by Crippen LogP contribution is -2.26. The van der Waals surface area contributed by atoms with Gasteiger partial charge in [-0.15, -0.1) is 0 Å². The van der Waals surface area contributed by atoms with Crippen molar-refractivity contribution >= 4 is 11.7 Å². The first-order chi connectivity index (χ1) is 12.6. The van der Waals surface area contributed by atoms with E-state index < -0.39 is 0 Å². The van der Waals surface area contributed by atoms with Crippen molar-refractivity contribution in [2.45, 2.75) is 57.4 Å². The molecule has 0 radical (unpaired) electrons. The van der Waals surface area contributed by atoms with Gasteiger partial charge in [0.15, 0.2) is 11.5 Å². The molecule has 26 heavy (non-hydrogen) atoms. The first kappa shape index (κ1) is 16.9. The number of carbonyl (C=O) groups excluding carboxylic acids is 1. The number of ether oxygens (including phenoxy) is 1. The van der Waals surface area contributed by atoms with Crippen LogP contribution < -0.4 is 10.1 Å². The van der Waals surface area contributed by atoms with Crippen LogP contribution in [0.2, 0.25) is 0 Å². The minimum absolute atomic E-state index is 0.00602. The SMILES string of the molecule is COc1cc(C2CC(=O)Nc3c2c(C)nn3C2CCCCC2)ccc1O. The molecule has 2 N–H and O–H groups in total. The summed E-state index contributed by atoms with van der Waals surface area (Å²) in [5.41, 5.74) is 3.01. The van der Waals surface area contributed by atoms with Gasteiger partial charge in [0, 0.05) is 17.9 Å². The molecular formula is C20H25N3O3. The summed E-state index contributed by atoms with van der Waals surface area (Å²) in [4.78, 5) is 12.4. The Hall–Kier alpha value is -2.50. The lowest BCUT2D eigenvalue weighted by molar-refractivity contribution is -0.116. The number of fused-ring (bicyclic) bond motifs is 1. The molecule has 138 valence electrons. The maximum absolute atomic E-state index is 12.4. The topological polar surface area (TPSA) is 76.4 Å². The van der Waals surface area contributed by atoms with E-state index in [1.165, 1.54) is 26.4 Å². The molecule has 0 saturated heterocycles. The number of phenolic OH excluding ortho intramolecular Hbond substituents is 1. The van der Waals surface area contributed by atoms with Crippen molar-refractivity contribution in [1.82, 2.24) is 9.78 Å². The molecule has 2 heterocycles. The number of methoxy groups -OCH3 is 1. The van der Waals surface area contributed by atoms with Gasteiger partial charge in [0.25, 0.3) is 0 Å². The van der Waals surface area contributed by atoms with Crippen LogP contribution in [0.3, 0.4) is 0 Å². The standard InChI is InChI=1S/C20H25N3O3/c1-12-19-15(13-8-9-16(24)17(10-13)26-2)11-18(25)21-20(19)23(22-12)14-6-4-3-5-7-14/h8-10,14-15,24H,3-7,11H2,1-2H3,(H,21,25). The van der Waals surface area contributed by atoms with Crippen LogP contribution >= 0.6 is 0 Å². The molecule has 1 aliphatic heterocycles. The third-order valence-corrected chi connectivity index (χ3v) is 5.65. The van der Waals surface area contributed by atoms with E-state index in [0.717, 1.165) is 35.5 Å². The number of carbonyl (C=O) groups is 1. The number of nitrogens with one attached hydrogen (secondary N) is 1. The Kier molecular flexibility index (Phi) is 4.34. The van der Waals surface area contributed by atoms with E-state index in [-0.39, 0.29) is 17.6 Å². The fourth-order valence-electron chi connectivity index (χ4n) is 4.36. The second-order valence-corrected chi connectivity index (χ2v) is 7.32. The zero-order chi connectivity index (χ0) is 18.3. The molecule has 1 aliphatic carbocycles. The van der Waals surface area contributed by atoms with Crippen LogP contribution in [0.15, 0.2) is 18.2 Å². The van der Waals surface area contributed by atoms with Crippen LogP contribution in [-0.4, -0.2) is 27.9 Å². The van der Waals surface area contributed by atoms with Crippen molar-refractivity contribution in [2.24, 2.45) is 0 Å². The number of phenols is 1. The third-order valence-electron chi connectivity index (χ3n) is 5.65. The average molecular weight is 355 g/mol. The Labute approximate surface area is 153 Å².